The van der Waals surface area contributed by atoms with Gasteiger partial charge in [0, 0.05) is 5.57 Å². The average molecular weight is 331 g/mol. The Bertz CT molecular complexity index is 485. The first kappa shape index (κ1) is 20.5. The molecule has 1 aromatic rings. The van der Waals surface area contributed by atoms with E-state index in [4.69, 9.17) is 5.11 Å². The molecule has 1 N–H and O–H groups in total. The smallest absolute Gasteiger partial charge is 0.331 e. The minimum Gasteiger partial charge on any atom is -0.478 e. The highest BCUT2D eigenvalue weighted by Gasteiger charge is 2.00. The molecule has 0 amide bonds. The lowest BCUT2D eigenvalue weighted by Crippen LogP contribution is -1.95. The number of aryl methyl sites for hydroxylation is 1. The Kier molecular flexibility index (Phi) is 10.9. The van der Waals surface area contributed by atoms with Crippen LogP contribution < -0.4 is 0 Å². The van der Waals surface area contributed by atoms with Gasteiger partial charge in [-0.05, 0) is 37.0 Å². The molecule has 1 aromatic carbocycles. The van der Waals surface area contributed by atoms with E-state index in [2.05, 4.69) is 19.1 Å². The van der Waals surface area contributed by atoms with Crippen molar-refractivity contribution in [2.75, 3.05) is 0 Å². The van der Waals surface area contributed by atoms with Crippen LogP contribution in [0.5, 0.6) is 0 Å². The van der Waals surface area contributed by atoms with Crippen LogP contribution in [0.4, 0.5) is 0 Å². The summed E-state index contributed by atoms with van der Waals surface area (Å²) in [5.74, 6) is -0.857. The largest absolute Gasteiger partial charge is 0.478 e. The minimum absolute atomic E-state index is 0.373. The van der Waals surface area contributed by atoms with Gasteiger partial charge < -0.3 is 5.11 Å². The van der Waals surface area contributed by atoms with Gasteiger partial charge in [-0.25, -0.2) is 4.79 Å². The molecule has 0 saturated carbocycles. The van der Waals surface area contributed by atoms with Gasteiger partial charge in [-0.15, -0.1) is 0 Å². The lowest BCUT2D eigenvalue weighted by molar-refractivity contribution is -0.132. The fraction of sp³-hybridized carbons (Fsp3) is 0.591. The molecule has 0 saturated heterocycles. The summed E-state index contributed by atoms with van der Waals surface area (Å²) < 4.78 is 0. The Morgan fingerprint density at radius 3 is 1.88 bits per heavy atom. The van der Waals surface area contributed by atoms with Gasteiger partial charge in [-0.3, -0.25) is 0 Å². The predicted octanol–water partition coefficient (Wildman–Crippen LogP) is 6.64. The van der Waals surface area contributed by atoms with Crippen molar-refractivity contribution in [3.8, 4) is 0 Å². The van der Waals surface area contributed by atoms with Crippen LogP contribution in [0.2, 0.25) is 0 Å². The first-order chi connectivity index (χ1) is 11.6. The molecule has 0 heterocycles. The predicted molar refractivity (Wildman–Crippen MR) is 103 cm³/mol. The number of benzene rings is 1. The van der Waals surface area contributed by atoms with Crippen LogP contribution >= 0.6 is 0 Å². The molecule has 2 nitrogen and oxygen atoms in total. The number of hydrogen-bond donors (Lipinski definition) is 1. The Balaban J connectivity index is 2.11. The van der Waals surface area contributed by atoms with Crippen molar-refractivity contribution in [2.24, 2.45) is 0 Å². The van der Waals surface area contributed by atoms with Crippen LogP contribution in [-0.4, -0.2) is 11.1 Å². The molecular weight excluding hydrogens is 296 g/mol. The van der Waals surface area contributed by atoms with Crippen LogP contribution in [-0.2, 0) is 11.2 Å². The van der Waals surface area contributed by atoms with Crippen molar-refractivity contribution in [3.05, 3.63) is 41.0 Å². The van der Waals surface area contributed by atoms with E-state index in [1.54, 1.807) is 13.0 Å². The van der Waals surface area contributed by atoms with Gasteiger partial charge in [-0.1, -0.05) is 89.0 Å². The zero-order valence-corrected chi connectivity index (χ0v) is 15.5. The summed E-state index contributed by atoms with van der Waals surface area (Å²) in [5.41, 5.74) is 2.68. The lowest BCUT2D eigenvalue weighted by atomic mass is 10.0. The summed E-state index contributed by atoms with van der Waals surface area (Å²) in [7, 11) is 0. The zero-order valence-electron chi connectivity index (χ0n) is 15.5. The van der Waals surface area contributed by atoms with Crippen molar-refractivity contribution in [1.29, 1.82) is 0 Å². The summed E-state index contributed by atoms with van der Waals surface area (Å²) in [4.78, 5) is 10.8. The second-order valence-corrected chi connectivity index (χ2v) is 6.81. The van der Waals surface area contributed by atoms with Gasteiger partial charge in [0.1, 0.15) is 0 Å². The topological polar surface area (TPSA) is 37.3 Å². The van der Waals surface area contributed by atoms with E-state index < -0.39 is 5.97 Å². The number of unbranched alkanes of at least 4 members (excludes halogenated alkanes) is 9. The van der Waals surface area contributed by atoms with Crippen LogP contribution in [0.25, 0.3) is 6.08 Å². The van der Waals surface area contributed by atoms with Gasteiger partial charge in [-0.2, -0.15) is 0 Å². The molecule has 0 aliphatic rings. The molecule has 2 heteroatoms. The fourth-order valence-electron chi connectivity index (χ4n) is 2.91. The number of aliphatic carboxylic acids is 1. The number of carboxylic acids is 1. The molecule has 1 rings (SSSR count). The summed E-state index contributed by atoms with van der Waals surface area (Å²) in [5, 5.41) is 8.89. The zero-order chi connectivity index (χ0) is 17.6. The van der Waals surface area contributed by atoms with E-state index in [-0.39, 0.29) is 0 Å². The number of rotatable bonds is 13. The molecule has 0 bridgehead atoms. The van der Waals surface area contributed by atoms with Gasteiger partial charge in [0.2, 0.25) is 0 Å². The van der Waals surface area contributed by atoms with Crippen molar-refractivity contribution in [1.82, 2.24) is 0 Å². The van der Waals surface area contributed by atoms with E-state index >= 15 is 0 Å². The SMILES string of the molecule is CCCCCCCCCCCCc1ccc(/C=C(\C)C(=O)O)cc1. The summed E-state index contributed by atoms with van der Waals surface area (Å²) >= 11 is 0. The number of carboxylic acid groups (broad SMARTS) is 1. The summed E-state index contributed by atoms with van der Waals surface area (Å²) in [6.07, 6.45) is 16.5. The van der Waals surface area contributed by atoms with E-state index in [9.17, 15) is 4.79 Å². The lowest BCUT2D eigenvalue weighted by Gasteiger charge is -2.04. The second-order valence-electron chi connectivity index (χ2n) is 6.81. The molecule has 0 fully saturated rings. The van der Waals surface area contributed by atoms with Crippen molar-refractivity contribution in [3.63, 3.8) is 0 Å². The van der Waals surface area contributed by atoms with Gasteiger partial charge >= 0.3 is 5.97 Å². The Labute approximate surface area is 148 Å². The van der Waals surface area contributed by atoms with Crippen LogP contribution in [0, 0.1) is 0 Å². The summed E-state index contributed by atoms with van der Waals surface area (Å²) in [6, 6.07) is 8.26. The maximum Gasteiger partial charge on any atom is 0.331 e. The highest BCUT2D eigenvalue weighted by Crippen LogP contribution is 2.14. The second kappa shape index (κ2) is 12.8. The van der Waals surface area contributed by atoms with Gasteiger partial charge in [0.15, 0.2) is 0 Å². The van der Waals surface area contributed by atoms with E-state index in [1.165, 1.54) is 69.8 Å². The minimum atomic E-state index is -0.857. The molecule has 0 atom stereocenters. The molecule has 0 radical (unpaired) electrons. The standard InChI is InChI=1S/C22H34O2/c1-3-4-5-6-7-8-9-10-11-12-13-20-14-16-21(17-15-20)18-19(2)22(23)24/h14-18H,3-13H2,1-2H3,(H,23,24)/b19-18+. The monoisotopic (exact) mass is 330 g/mol. The van der Waals surface area contributed by atoms with Crippen molar-refractivity contribution in [2.45, 2.75) is 84.5 Å². The molecule has 24 heavy (non-hydrogen) atoms. The van der Waals surface area contributed by atoms with Crippen LogP contribution in [0.15, 0.2) is 29.8 Å². The van der Waals surface area contributed by atoms with E-state index in [0.717, 1.165) is 12.0 Å². The first-order valence-corrected chi connectivity index (χ1v) is 9.64. The highest BCUT2D eigenvalue weighted by molar-refractivity contribution is 5.91. The molecular formula is C22H34O2. The Morgan fingerprint density at radius 2 is 1.38 bits per heavy atom. The number of hydrogen-bond acceptors (Lipinski definition) is 1. The van der Waals surface area contributed by atoms with Crippen LogP contribution in [0.3, 0.4) is 0 Å². The molecule has 0 spiro atoms. The van der Waals surface area contributed by atoms with Crippen LogP contribution in [0.1, 0.15) is 89.2 Å². The third kappa shape index (κ3) is 9.54. The average Bonchev–Trinajstić information content (AvgIpc) is 2.58. The third-order valence-corrected chi connectivity index (χ3v) is 4.52. The molecule has 0 unspecified atom stereocenters. The summed E-state index contributed by atoms with van der Waals surface area (Å²) in [6.45, 7) is 3.89. The quantitative estimate of drug-likeness (QED) is 0.325. The fourth-order valence-corrected chi connectivity index (χ4v) is 2.91. The van der Waals surface area contributed by atoms with E-state index in [0.29, 0.717) is 5.57 Å². The van der Waals surface area contributed by atoms with Gasteiger partial charge in [0.25, 0.3) is 0 Å². The normalized spacial score (nSPS) is 11.7. The van der Waals surface area contributed by atoms with Crippen molar-refractivity contribution >= 4 is 12.0 Å². The Morgan fingerprint density at radius 1 is 0.875 bits per heavy atom. The maximum absolute atomic E-state index is 10.8. The molecule has 0 aromatic heterocycles. The van der Waals surface area contributed by atoms with E-state index in [1.807, 2.05) is 12.1 Å². The van der Waals surface area contributed by atoms with Gasteiger partial charge in [0.05, 0.1) is 0 Å². The highest BCUT2D eigenvalue weighted by atomic mass is 16.4. The Hall–Kier alpha value is -1.57. The molecule has 0 aliphatic heterocycles. The first-order valence-electron chi connectivity index (χ1n) is 9.64. The molecule has 134 valence electrons. The van der Waals surface area contributed by atoms with Crippen molar-refractivity contribution < 1.29 is 9.90 Å². The number of carbonyl (C=O) groups is 1. The maximum atomic E-state index is 10.8. The molecule has 0 aliphatic carbocycles. The third-order valence-electron chi connectivity index (χ3n) is 4.52.